The molecule has 0 fully saturated rings. The number of Topliss-reactive ketones (excluding diaryl/α,β-unsaturated/α-hetero) is 1. The first-order chi connectivity index (χ1) is 13.5. The fourth-order valence-corrected chi connectivity index (χ4v) is 3.54. The summed E-state index contributed by atoms with van der Waals surface area (Å²) in [7, 11) is 0. The van der Waals surface area contributed by atoms with Crippen molar-refractivity contribution in [2.24, 2.45) is 4.99 Å². The van der Waals surface area contributed by atoms with Crippen LogP contribution in [0.15, 0.2) is 41.4 Å². The molecule has 1 heterocycles. The quantitative estimate of drug-likeness (QED) is 0.631. The summed E-state index contributed by atoms with van der Waals surface area (Å²) < 4.78 is 27.2. The number of rotatable bonds is 8. The summed E-state index contributed by atoms with van der Waals surface area (Å²) >= 11 is 0. The summed E-state index contributed by atoms with van der Waals surface area (Å²) in [6.45, 7) is 7.28. The molecule has 148 valence electrons. The lowest BCUT2D eigenvalue weighted by molar-refractivity contribution is 0.0999. The van der Waals surface area contributed by atoms with Crippen molar-refractivity contribution in [3.05, 3.63) is 64.7 Å². The van der Waals surface area contributed by atoms with Crippen molar-refractivity contribution < 1.29 is 13.6 Å². The topological polar surface area (TPSA) is 32.7 Å². The second-order valence-corrected chi connectivity index (χ2v) is 7.12. The van der Waals surface area contributed by atoms with Gasteiger partial charge in [-0.05, 0) is 61.7 Å². The molecule has 1 aliphatic rings. The number of aliphatic imine (C=N–C) groups is 1. The molecule has 1 aliphatic heterocycles. The highest BCUT2D eigenvalue weighted by atomic mass is 19.2. The van der Waals surface area contributed by atoms with Crippen LogP contribution in [-0.2, 0) is 12.8 Å². The van der Waals surface area contributed by atoms with Gasteiger partial charge in [0.15, 0.2) is 17.4 Å². The van der Waals surface area contributed by atoms with Gasteiger partial charge < -0.3 is 4.90 Å². The van der Waals surface area contributed by atoms with Crippen molar-refractivity contribution in [3.8, 4) is 0 Å². The van der Waals surface area contributed by atoms with E-state index in [0.717, 1.165) is 43.4 Å². The average molecular weight is 384 g/mol. The third-order valence-electron chi connectivity index (χ3n) is 5.33. The fraction of sp³-hybridized carbons (Fsp3) is 0.391. The molecule has 0 amide bonds. The molecule has 0 bridgehead atoms. The van der Waals surface area contributed by atoms with Gasteiger partial charge in [-0.25, -0.2) is 8.78 Å². The van der Waals surface area contributed by atoms with Gasteiger partial charge in [0.1, 0.15) is 0 Å². The number of ketones is 1. The third kappa shape index (κ3) is 4.71. The van der Waals surface area contributed by atoms with Crippen molar-refractivity contribution >= 4 is 17.2 Å². The second-order valence-electron chi connectivity index (χ2n) is 7.12. The Morgan fingerprint density at radius 3 is 2.57 bits per heavy atom. The van der Waals surface area contributed by atoms with Gasteiger partial charge in [0.25, 0.3) is 0 Å². The highest BCUT2D eigenvalue weighted by molar-refractivity contribution is 6.15. The molecule has 0 unspecified atom stereocenters. The highest BCUT2D eigenvalue weighted by Gasteiger charge is 2.20. The number of hydrogen-bond acceptors (Lipinski definition) is 3. The smallest absolute Gasteiger partial charge is 0.170 e. The molecule has 0 saturated heterocycles. The first-order valence-corrected chi connectivity index (χ1v) is 9.89. The summed E-state index contributed by atoms with van der Waals surface area (Å²) in [6, 6.07) is 10.0. The number of likely N-dealkylation sites (N-methyl/N-ethyl adjacent to an activating group) is 1. The Kier molecular flexibility index (Phi) is 6.68. The monoisotopic (exact) mass is 384 g/mol. The van der Waals surface area contributed by atoms with E-state index in [2.05, 4.69) is 23.7 Å². The summed E-state index contributed by atoms with van der Waals surface area (Å²) in [5.74, 6) is -1.62. The fourth-order valence-electron chi connectivity index (χ4n) is 3.54. The van der Waals surface area contributed by atoms with Crippen LogP contribution < -0.4 is 0 Å². The van der Waals surface area contributed by atoms with E-state index in [1.54, 1.807) is 6.07 Å². The highest BCUT2D eigenvalue weighted by Crippen LogP contribution is 2.29. The Morgan fingerprint density at radius 2 is 1.82 bits per heavy atom. The maximum absolute atomic E-state index is 13.8. The zero-order chi connectivity index (χ0) is 20.1. The van der Waals surface area contributed by atoms with Crippen LogP contribution in [0.1, 0.15) is 48.2 Å². The van der Waals surface area contributed by atoms with Gasteiger partial charge in [0.05, 0.1) is 5.69 Å². The van der Waals surface area contributed by atoms with Gasteiger partial charge in [-0.1, -0.05) is 32.0 Å². The minimum atomic E-state index is -0.845. The Labute approximate surface area is 165 Å². The Balaban J connectivity index is 1.73. The van der Waals surface area contributed by atoms with Crippen molar-refractivity contribution in [1.82, 2.24) is 4.90 Å². The van der Waals surface area contributed by atoms with Gasteiger partial charge in [0.2, 0.25) is 0 Å². The van der Waals surface area contributed by atoms with Crippen LogP contribution >= 0.6 is 0 Å². The number of halogens is 2. The molecule has 2 aromatic rings. The summed E-state index contributed by atoms with van der Waals surface area (Å²) in [5, 5.41) is 0. The van der Waals surface area contributed by atoms with Gasteiger partial charge in [-0.2, -0.15) is 0 Å². The molecule has 0 aliphatic carbocycles. The first-order valence-electron chi connectivity index (χ1n) is 9.89. The average Bonchev–Trinajstić information content (AvgIpc) is 2.69. The molecule has 0 radical (unpaired) electrons. The van der Waals surface area contributed by atoms with Crippen molar-refractivity contribution in [1.29, 1.82) is 0 Å². The molecule has 28 heavy (non-hydrogen) atoms. The van der Waals surface area contributed by atoms with Crippen LogP contribution in [-0.4, -0.2) is 36.0 Å². The maximum Gasteiger partial charge on any atom is 0.170 e. The van der Waals surface area contributed by atoms with Crippen molar-refractivity contribution in [2.75, 3.05) is 19.6 Å². The predicted molar refractivity (Wildman–Crippen MR) is 109 cm³/mol. The van der Waals surface area contributed by atoms with Gasteiger partial charge in [-0.3, -0.25) is 9.79 Å². The molecular weight excluding hydrogens is 358 g/mol. The molecule has 3 nitrogen and oxygen atoms in total. The van der Waals surface area contributed by atoms with Crippen LogP contribution in [0, 0.1) is 11.6 Å². The number of benzene rings is 2. The van der Waals surface area contributed by atoms with Crippen LogP contribution in [0.4, 0.5) is 14.5 Å². The minimum Gasteiger partial charge on any atom is -0.304 e. The van der Waals surface area contributed by atoms with E-state index in [1.807, 2.05) is 18.2 Å². The molecule has 5 heteroatoms. The number of nitrogens with zero attached hydrogens (tertiary/aromatic N) is 2. The molecular formula is C23H26F2N2O. The lowest BCUT2D eigenvalue weighted by Gasteiger charge is -2.19. The van der Waals surface area contributed by atoms with Gasteiger partial charge >= 0.3 is 0 Å². The SMILES string of the molecule is CCN(CC)CCc1ccc2c(c1)N=C(CCc1cccc(F)c1F)CC2=O. The van der Waals surface area contributed by atoms with E-state index in [-0.39, 0.29) is 12.2 Å². The molecule has 2 aromatic carbocycles. The van der Waals surface area contributed by atoms with E-state index in [4.69, 9.17) is 0 Å². The largest absolute Gasteiger partial charge is 0.304 e. The molecule has 0 atom stereocenters. The van der Waals surface area contributed by atoms with E-state index in [1.165, 1.54) is 6.07 Å². The Hall–Kier alpha value is -2.40. The lowest BCUT2D eigenvalue weighted by Crippen LogP contribution is -2.25. The van der Waals surface area contributed by atoms with E-state index >= 15 is 0 Å². The molecule has 0 spiro atoms. The Bertz CT molecular complexity index is 888. The standard InChI is InChI=1S/C23H26F2N2O/c1-3-27(4-2)13-12-16-8-11-19-21(14-16)26-18(15-22(19)28)10-9-17-6-5-7-20(24)23(17)25/h5-8,11,14H,3-4,9-10,12-13,15H2,1-2H3. The van der Waals surface area contributed by atoms with Gasteiger partial charge in [0, 0.05) is 24.2 Å². The number of fused-ring (bicyclic) bond motifs is 1. The molecule has 0 saturated carbocycles. The number of hydrogen-bond donors (Lipinski definition) is 0. The number of carbonyl (C=O) groups is 1. The van der Waals surface area contributed by atoms with E-state index < -0.39 is 11.6 Å². The second kappa shape index (κ2) is 9.20. The lowest BCUT2D eigenvalue weighted by atomic mass is 9.95. The van der Waals surface area contributed by atoms with Gasteiger partial charge in [-0.15, -0.1) is 0 Å². The zero-order valence-corrected chi connectivity index (χ0v) is 16.5. The summed E-state index contributed by atoms with van der Waals surface area (Å²) in [4.78, 5) is 19.5. The molecule has 0 aromatic heterocycles. The maximum atomic E-state index is 13.8. The number of carbonyl (C=O) groups excluding carboxylic acids is 1. The van der Waals surface area contributed by atoms with Crippen LogP contribution in [0.2, 0.25) is 0 Å². The summed E-state index contributed by atoms with van der Waals surface area (Å²) in [6.07, 6.45) is 1.91. The molecule has 0 N–H and O–H groups in total. The van der Waals surface area contributed by atoms with Crippen molar-refractivity contribution in [2.45, 2.75) is 39.5 Å². The van der Waals surface area contributed by atoms with Crippen molar-refractivity contribution in [3.63, 3.8) is 0 Å². The zero-order valence-electron chi connectivity index (χ0n) is 16.5. The van der Waals surface area contributed by atoms with Crippen LogP contribution in [0.5, 0.6) is 0 Å². The Morgan fingerprint density at radius 1 is 1.04 bits per heavy atom. The first kappa shape index (κ1) is 20.3. The van der Waals surface area contributed by atoms with E-state index in [9.17, 15) is 13.6 Å². The third-order valence-corrected chi connectivity index (χ3v) is 5.33. The minimum absolute atomic E-state index is 0.0370. The summed E-state index contributed by atoms with van der Waals surface area (Å²) in [5.41, 5.74) is 3.53. The predicted octanol–water partition coefficient (Wildman–Crippen LogP) is 5.14. The molecule has 3 rings (SSSR count). The number of aryl methyl sites for hydroxylation is 1. The van der Waals surface area contributed by atoms with Crippen LogP contribution in [0.25, 0.3) is 0 Å². The normalized spacial score (nSPS) is 13.6. The van der Waals surface area contributed by atoms with E-state index in [0.29, 0.717) is 29.7 Å². The van der Waals surface area contributed by atoms with Crippen LogP contribution in [0.3, 0.4) is 0 Å².